The number of benzene rings is 26. The highest BCUT2D eigenvalue weighted by Gasteiger charge is 2.27. The van der Waals surface area contributed by atoms with Crippen LogP contribution in [-0.2, 0) is 0 Å². The highest BCUT2D eigenvalue weighted by Crippen LogP contribution is 2.52. The third-order valence-corrected chi connectivity index (χ3v) is 29.8. The smallest absolute Gasteiger partial charge is 0.0619 e. The van der Waals surface area contributed by atoms with Crippen LogP contribution in [-0.4, -0.2) is 13.7 Å². The molecule has 29 aromatic rings. The molecule has 0 unspecified atom stereocenters. The molecule has 143 heavy (non-hydrogen) atoms. The van der Waals surface area contributed by atoms with Crippen molar-refractivity contribution < 1.29 is 0 Å². The molecule has 0 bridgehead atoms. The van der Waals surface area contributed by atoms with Gasteiger partial charge in [0, 0.05) is 65.5 Å². The molecular formula is C140H93N3. The van der Waals surface area contributed by atoms with Crippen molar-refractivity contribution in [1.82, 2.24) is 13.7 Å². The van der Waals surface area contributed by atoms with Gasteiger partial charge in [-0.3, -0.25) is 0 Å². The molecule has 668 valence electrons. The Labute approximate surface area is 828 Å². The average molecular weight is 1820 g/mol. The van der Waals surface area contributed by atoms with Gasteiger partial charge in [-0.25, -0.2) is 0 Å². The minimum atomic E-state index is 1.16. The van der Waals surface area contributed by atoms with E-state index in [4.69, 9.17) is 0 Å². The van der Waals surface area contributed by atoms with Crippen LogP contribution < -0.4 is 0 Å². The van der Waals surface area contributed by atoms with E-state index in [-0.39, 0.29) is 0 Å². The van der Waals surface area contributed by atoms with Gasteiger partial charge in [0.05, 0.1) is 33.1 Å². The molecular weight excluding hydrogens is 1720 g/mol. The lowest BCUT2D eigenvalue weighted by Gasteiger charge is -2.19. The van der Waals surface area contributed by atoms with Gasteiger partial charge in [0.25, 0.3) is 0 Å². The van der Waals surface area contributed by atoms with Crippen molar-refractivity contribution in [2.75, 3.05) is 0 Å². The van der Waals surface area contributed by atoms with Crippen molar-refractivity contribution in [2.24, 2.45) is 0 Å². The van der Waals surface area contributed by atoms with E-state index in [0.29, 0.717) is 0 Å². The summed E-state index contributed by atoms with van der Waals surface area (Å²) in [5.41, 5.74) is 33.4. The largest absolute Gasteiger partial charge is 0.309 e. The van der Waals surface area contributed by atoms with Crippen LogP contribution >= 0.6 is 0 Å². The number of aryl methyl sites for hydroxylation is 2. The van der Waals surface area contributed by atoms with Crippen LogP contribution in [0.3, 0.4) is 0 Å². The SMILES string of the molecule is Cc1ccc2c(-c3ccc(-n4c5ccccc5c5cc(-c6ccccc6)c6ccccc6c54)cc3)c3cc(C)ccc3c(-c3ccccc3)c2c1.c1ccc(-c2c3ccccc3c(-c3ccccc3)c3cc(-n4c5ccccc5c5cc(-c6ccccc6)c6ccccc6c54)ccc23)cc1.c1ccc(-c2cc3c4ccccc4n(-c4ccc(-c5c6ccccc6cc6ccccc56)cc4)c3c3ccccc23)cc1. The van der Waals surface area contributed by atoms with Crippen LogP contribution in [0.1, 0.15) is 11.1 Å². The Morgan fingerprint density at radius 2 is 0.350 bits per heavy atom. The van der Waals surface area contributed by atoms with Gasteiger partial charge in [-0.2, -0.15) is 0 Å². The molecule has 0 saturated carbocycles. The van der Waals surface area contributed by atoms with E-state index in [1.54, 1.807) is 0 Å². The number of nitrogens with zero attached hydrogens (tertiary/aromatic N) is 3. The molecule has 0 aliphatic rings. The first-order valence-electron chi connectivity index (χ1n) is 49.6. The number of fused-ring (bicyclic) bond motifs is 21. The minimum Gasteiger partial charge on any atom is -0.309 e. The molecule has 3 heteroatoms. The van der Waals surface area contributed by atoms with Gasteiger partial charge in [-0.05, 0) is 263 Å². The number of aromatic nitrogens is 3. The van der Waals surface area contributed by atoms with Crippen LogP contribution in [0.4, 0.5) is 0 Å². The molecule has 0 N–H and O–H groups in total. The Balaban J connectivity index is 0.000000107. The second kappa shape index (κ2) is 34.9. The molecule has 0 amide bonds. The van der Waals surface area contributed by atoms with Crippen LogP contribution in [0.5, 0.6) is 0 Å². The van der Waals surface area contributed by atoms with Gasteiger partial charge < -0.3 is 13.7 Å². The van der Waals surface area contributed by atoms with E-state index in [1.165, 1.54) is 263 Å². The monoisotopic (exact) mass is 1820 g/mol. The summed E-state index contributed by atoms with van der Waals surface area (Å²) in [6.45, 7) is 4.39. The number of rotatable bonds is 11. The molecule has 0 radical (unpaired) electrons. The zero-order chi connectivity index (χ0) is 94.7. The predicted molar refractivity (Wildman–Crippen MR) is 613 cm³/mol. The van der Waals surface area contributed by atoms with Gasteiger partial charge in [0.15, 0.2) is 0 Å². The van der Waals surface area contributed by atoms with Crippen molar-refractivity contribution in [1.29, 1.82) is 0 Å². The average Bonchev–Trinajstić information content (AvgIpc) is 1.34. The van der Waals surface area contributed by atoms with E-state index in [1.807, 2.05) is 0 Å². The van der Waals surface area contributed by atoms with Crippen LogP contribution in [0, 0.1) is 13.8 Å². The molecule has 0 atom stereocenters. The molecule has 0 aliphatic heterocycles. The lowest BCUT2D eigenvalue weighted by atomic mass is 9.85. The Hall–Kier alpha value is -18.5. The molecule has 0 aliphatic carbocycles. The molecule has 3 heterocycles. The number of hydrogen-bond donors (Lipinski definition) is 0. The standard InChI is InChI=1S/C50H35N.C48H31N.C42H27N/c1-32-22-28-41-44(29-32)48(35-15-7-4-8-16-35)40-27-21-33(2)30-45(40)49(41)36-23-25-37(26-24-36)51-47-20-12-11-18-39(47)46-31-43(34-13-5-3-6-14-34)38-17-9-10-19-42(38)50(46)51;1-4-16-32(17-5-1)42-31-44-37-23-14-15-27-45(37)49(48(44)41-26-13-10-22-36(41)42)35-28-29-40-43(30-35)47(34-20-8-3-9-21-34)39-25-12-11-24-38(39)46(40)33-18-6-2-7-19-33;1-2-12-28(13-3-1)38-27-39-36-19-10-11-21-40(36)43(42(39)37-20-9-8-18-35(37)38)32-24-22-29(23-25-32)41-33-16-6-4-14-30(33)26-31-15-5-7-17-34(31)41/h3-31H,1-2H3;1-31H;1-27H. The lowest BCUT2D eigenvalue weighted by molar-refractivity contribution is 1.19. The fraction of sp³-hybridized carbons (Fsp3) is 0.0143. The molecule has 26 aromatic carbocycles. The summed E-state index contributed by atoms with van der Waals surface area (Å²) in [6, 6.07) is 193. The highest BCUT2D eigenvalue weighted by molar-refractivity contribution is 6.28. The van der Waals surface area contributed by atoms with E-state index in [9.17, 15) is 0 Å². The first kappa shape index (κ1) is 83.8. The third kappa shape index (κ3) is 14.1. The maximum Gasteiger partial charge on any atom is 0.0619 e. The molecule has 0 spiro atoms. The van der Waals surface area contributed by atoms with Crippen LogP contribution in [0.25, 0.3) is 268 Å². The maximum absolute atomic E-state index is 2.49. The lowest BCUT2D eigenvalue weighted by Crippen LogP contribution is -1.97. The Morgan fingerprint density at radius 1 is 0.126 bits per heavy atom. The van der Waals surface area contributed by atoms with E-state index >= 15 is 0 Å². The fourth-order valence-corrected chi connectivity index (χ4v) is 23.5. The quantitative estimate of drug-likeness (QED) is 0.115. The molecule has 3 nitrogen and oxygen atoms in total. The van der Waals surface area contributed by atoms with Crippen LogP contribution in [0.2, 0.25) is 0 Å². The molecule has 3 aromatic heterocycles. The zero-order valence-electron chi connectivity index (χ0n) is 79.1. The Bertz CT molecular complexity index is 10100. The van der Waals surface area contributed by atoms with Crippen molar-refractivity contribution in [3.05, 3.63) is 539 Å². The zero-order valence-corrected chi connectivity index (χ0v) is 79.1. The van der Waals surface area contributed by atoms with Gasteiger partial charge >= 0.3 is 0 Å². The van der Waals surface area contributed by atoms with Crippen molar-refractivity contribution >= 4 is 162 Å². The Morgan fingerprint density at radius 3 is 0.685 bits per heavy atom. The number of hydrogen-bond acceptors (Lipinski definition) is 0. The first-order chi connectivity index (χ1) is 70.8. The van der Waals surface area contributed by atoms with E-state index in [0.717, 1.165) is 17.1 Å². The van der Waals surface area contributed by atoms with Gasteiger partial charge in [0.2, 0.25) is 0 Å². The summed E-state index contributed by atoms with van der Waals surface area (Å²) in [5.74, 6) is 0. The summed E-state index contributed by atoms with van der Waals surface area (Å²) in [6.07, 6.45) is 0. The fourth-order valence-electron chi connectivity index (χ4n) is 23.5. The Kier molecular flexibility index (Phi) is 20.4. The van der Waals surface area contributed by atoms with Gasteiger partial charge in [-0.1, -0.05) is 460 Å². The maximum atomic E-state index is 2.49. The summed E-state index contributed by atoms with van der Waals surface area (Å²) < 4.78 is 7.41. The molecule has 29 rings (SSSR count). The summed E-state index contributed by atoms with van der Waals surface area (Å²) in [7, 11) is 0. The summed E-state index contributed by atoms with van der Waals surface area (Å²) in [5, 5.41) is 30.4. The minimum absolute atomic E-state index is 1.16. The van der Waals surface area contributed by atoms with Crippen LogP contribution in [0.15, 0.2) is 528 Å². The van der Waals surface area contributed by atoms with Gasteiger partial charge in [0.1, 0.15) is 0 Å². The summed E-state index contributed by atoms with van der Waals surface area (Å²) in [4.78, 5) is 0. The van der Waals surface area contributed by atoms with Crippen molar-refractivity contribution in [2.45, 2.75) is 13.8 Å². The van der Waals surface area contributed by atoms with E-state index in [2.05, 4.69) is 555 Å². The third-order valence-electron chi connectivity index (χ3n) is 29.8. The van der Waals surface area contributed by atoms with Crippen molar-refractivity contribution in [3.8, 4) is 106 Å². The predicted octanol–water partition coefficient (Wildman–Crippen LogP) is 38.7. The number of para-hydroxylation sites is 3. The van der Waals surface area contributed by atoms with E-state index < -0.39 is 0 Å². The summed E-state index contributed by atoms with van der Waals surface area (Å²) >= 11 is 0. The normalized spacial score (nSPS) is 11.7. The van der Waals surface area contributed by atoms with Crippen molar-refractivity contribution in [3.63, 3.8) is 0 Å². The molecule has 0 saturated heterocycles. The highest BCUT2D eigenvalue weighted by atomic mass is 15.0. The molecule has 0 fully saturated rings. The second-order valence-electron chi connectivity index (χ2n) is 38.0. The van der Waals surface area contributed by atoms with Gasteiger partial charge in [-0.15, -0.1) is 0 Å². The first-order valence-corrected chi connectivity index (χ1v) is 49.6. The second-order valence-corrected chi connectivity index (χ2v) is 38.0. The topological polar surface area (TPSA) is 14.8 Å².